The number of fused-ring (bicyclic) bond motifs is 1. The Bertz CT molecular complexity index is 897. The predicted octanol–water partition coefficient (Wildman–Crippen LogP) is 3.10. The van der Waals surface area contributed by atoms with Gasteiger partial charge in [-0.1, -0.05) is 23.2 Å². The number of carbonyl (C=O) groups is 1. The number of hydrogen-bond acceptors (Lipinski definition) is 4. The molecule has 2 heterocycles. The van der Waals surface area contributed by atoms with E-state index in [4.69, 9.17) is 23.2 Å². The van der Waals surface area contributed by atoms with E-state index in [0.29, 0.717) is 28.4 Å². The number of nitrogens with one attached hydrogen (secondary N) is 3. The van der Waals surface area contributed by atoms with E-state index in [1.165, 1.54) is 0 Å². The molecule has 28 heavy (non-hydrogen) atoms. The number of aryl methyl sites for hydroxylation is 1. The Kier molecular flexibility index (Phi) is 5.65. The van der Waals surface area contributed by atoms with Crippen molar-refractivity contribution in [1.82, 2.24) is 25.9 Å². The first kappa shape index (κ1) is 19.7. The summed E-state index contributed by atoms with van der Waals surface area (Å²) < 4.78 is 1.82. The van der Waals surface area contributed by atoms with Crippen molar-refractivity contribution in [2.45, 2.75) is 51.6 Å². The number of hydrazine groups is 1. The molecule has 8 heteroatoms. The Morgan fingerprint density at radius 1 is 1.29 bits per heavy atom. The third-order valence-electron chi connectivity index (χ3n) is 5.93. The maximum atomic E-state index is 12.7. The zero-order valence-electron chi connectivity index (χ0n) is 16.1. The summed E-state index contributed by atoms with van der Waals surface area (Å²) >= 11 is 12.2. The lowest BCUT2D eigenvalue weighted by Gasteiger charge is -2.31. The molecular formula is C20H25Cl2N5O. The summed E-state index contributed by atoms with van der Waals surface area (Å²) in [5.41, 5.74) is 10.1. The second kappa shape index (κ2) is 8.03. The van der Waals surface area contributed by atoms with Gasteiger partial charge in [0.25, 0.3) is 0 Å². The molecule has 1 aliphatic heterocycles. The quantitative estimate of drug-likeness (QED) is 0.708. The molecule has 1 aromatic carbocycles. The Hall–Kier alpha value is -1.60. The molecule has 1 amide bonds. The summed E-state index contributed by atoms with van der Waals surface area (Å²) in [5, 5.41) is 8.84. The van der Waals surface area contributed by atoms with Crippen molar-refractivity contribution in [3.05, 3.63) is 45.2 Å². The van der Waals surface area contributed by atoms with Crippen molar-refractivity contribution in [2.24, 2.45) is 5.92 Å². The second-order valence-electron chi connectivity index (χ2n) is 7.81. The van der Waals surface area contributed by atoms with Crippen LogP contribution in [0.3, 0.4) is 0 Å². The van der Waals surface area contributed by atoms with Crippen molar-refractivity contribution >= 4 is 29.1 Å². The average Bonchev–Trinajstić information content (AvgIpc) is 3.23. The van der Waals surface area contributed by atoms with Crippen molar-refractivity contribution in [3.63, 3.8) is 0 Å². The first-order valence-corrected chi connectivity index (χ1v) is 10.5. The molecule has 3 N–H and O–H groups in total. The second-order valence-corrected chi connectivity index (χ2v) is 8.62. The van der Waals surface area contributed by atoms with Gasteiger partial charge in [0.15, 0.2) is 0 Å². The Balaban J connectivity index is 1.45. The third kappa shape index (κ3) is 3.92. The van der Waals surface area contributed by atoms with Gasteiger partial charge in [0.1, 0.15) is 0 Å². The minimum absolute atomic E-state index is 0.0576. The SMILES string of the molecule is Cc1nn(-c2ccc(Cl)c(Cl)c2)c(C)c1CC(=O)NC1CCC2NNCC2C1. The first-order chi connectivity index (χ1) is 13.4. The lowest BCUT2D eigenvalue weighted by molar-refractivity contribution is -0.121. The van der Waals surface area contributed by atoms with Gasteiger partial charge in [0.05, 0.1) is 27.8 Å². The van der Waals surface area contributed by atoms with E-state index in [1.807, 2.05) is 24.6 Å². The van der Waals surface area contributed by atoms with E-state index < -0.39 is 0 Å². The van der Waals surface area contributed by atoms with Gasteiger partial charge in [-0.15, -0.1) is 0 Å². The molecule has 4 rings (SSSR count). The normalized spacial score (nSPS) is 24.2. The number of amides is 1. The average molecular weight is 422 g/mol. The minimum atomic E-state index is 0.0576. The minimum Gasteiger partial charge on any atom is -0.353 e. The fourth-order valence-corrected chi connectivity index (χ4v) is 4.66. The standard InChI is InChI=1S/C20H25Cl2N5O/c1-11-16(12(2)27(26-11)15-4-5-17(21)18(22)8-15)9-20(28)24-14-3-6-19-13(7-14)10-23-25-19/h4-5,8,13-14,19,23,25H,3,6-7,9-10H2,1-2H3,(H,24,28). The maximum Gasteiger partial charge on any atom is 0.224 e. The number of hydrogen-bond donors (Lipinski definition) is 3. The molecule has 150 valence electrons. The molecule has 2 aromatic rings. The van der Waals surface area contributed by atoms with E-state index in [2.05, 4.69) is 21.3 Å². The molecule has 1 saturated carbocycles. The van der Waals surface area contributed by atoms with E-state index in [-0.39, 0.29) is 11.9 Å². The number of halogens is 2. The van der Waals surface area contributed by atoms with Gasteiger partial charge in [-0.05, 0) is 57.2 Å². The number of nitrogens with zero attached hydrogens (tertiary/aromatic N) is 2. The number of aromatic nitrogens is 2. The molecular weight excluding hydrogens is 397 g/mol. The van der Waals surface area contributed by atoms with Gasteiger partial charge in [-0.2, -0.15) is 5.10 Å². The van der Waals surface area contributed by atoms with Crippen molar-refractivity contribution in [1.29, 1.82) is 0 Å². The summed E-state index contributed by atoms with van der Waals surface area (Å²) in [6.45, 7) is 4.89. The van der Waals surface area contributed by atoms with E-state index in [1.54, 1.807) is 12.1 Å². The molecule has 1 aromatic heterocycles. The number of carbonyl (C=O) groups excluding carboxylic acids is 1. The molecule has 1 saturated heterocycles. The third-order valence-corrected chi connectivity index (χ3v) is 6.66. The fourth-order valence-electron chi connectivity index (χ4n) is 4.37. The first-order valence-electron chi connectivity index (χ1n) is 9.70. The summed E-state index contributed by atoms with van der Waals surface area (Å²) in [6.07, 6.45) is 3.47. The van der Waals surface area contributed by atoms with Crippen LogP contribution in [0, 0.1) is 19.8 Å². The molecule has 6 nitrogen and oxygen atoms in total. The summed E-state index contributed by atoms with van der Waals surface area (Å²) in [6, 6.07) is 6.21. The number of rotatable bonds is 4. The molecule has 3 unspecified atom stereocenters. The van der Waals surface area contributed by atoms with Gasteiger partial charge in [0, 0.05) is 29.9 Å². The highest BCUT2D eigenvalue weighted by molar-refractivity contribution is 6.42. The highest BCUT2D eigenvalue weighted by atomic mass is 35.5. The smallest absolute Gasteiger partial charge is 0.224 e. The monoisotopic (exact) mass is 421 g/mol. The van der Waals surface area contributed by atoms with E-state index >= 15 is 0 Å². The van der Waals surface area contributed by atoms with Crippen molar-refractivity contribution in [3.8, 4) is 5.69 Å². The Labute approximate surface area is 174 Å². The van der Waals surface area contributed by atoms with Crippen LogP contribution >= 0.6 is 23.2 Å². The Morgan fingerprint density at radius 2 is 2.11 bits per heavy atom. The molecule has 0 spiro atoms. The fraction of sp³-hybridized carbons (Fsp3) is 0.500. The van der Waals surface area contributed by atoms with Gasteiger partial charge < -0.3 is 5.32 Å². The largest absolute Gasteiger partial charge is 0.353 e. The van der Waals surface area contributed by atoms with E-state index in [9.17, 15) is 4.79 Å². The van der Waals surface area contributed by atoms with Gasteiger partial charge in [-0.3, -0.25) is 15.6 Å². The van der Waals surface area contributed by atoms with Crippen LogP contribution in [0.2, 0.25) is 10.0 Å². The Morgan fingerprint density at radius 3 is 2.89 bits per heavy atom. The molecule has 2 aliphatic rings. The topological polar surface area (TPSA) is 71.0 Å². The molecule has 1 aliphatic carbocycles. The zero-order valence-corrected chi connectivity index (χ0v) is 17.6. The molecule has 2 fully saturated rings. The predicted molar refractivity (Wildman–Crippen MR) is 111 cm³/mol. The van der Waals surface area contributed by atoms with Gasteiger partial charge in [0.2, 0.25) is 5.91 Å². The summed E-state index contributed by atoms with van der Waals surface area (Å²) in [5.74, 6) is 0.655. The van der Waals surface area contributed by atoms with E-state index in [0.717, 1.165) is 48.4 Å². The maximum absolute atomic E-state index is 12.7. The summed E-state index contributed by atoms with van der Waals surface area (Å²) in [4.78, 5) is 12.7. The lowest BCUT2D eigenvalue weighted by atomic mass is 9.83. The lowest BCUT2D eigenvalue weighted by Crippen LogP contribution is -2.44. The van der Waals surface area contributed by atoms with Crippen LogP contribution in [-0.2, 0) is 11.2 Å². The number of benzene rings is 1. The highest BCUT2D eigenvalue weighted by Crippen LogP contribution is 2.28. The van der Waals surface area contributed by atoms with Gasteiger partial charge >= 0.3 is 0 Å². The van der Waals surface area contributed by atoms with Crippen molar-refractivity contribution < 1.29 is 4.79 Å². The van der Waals surface area contributed by atoms with Crippen LogP contribution in [0.25, 0.3) is 5.69 Å². The zero-order chi connectivity index (χ0) is 19.8. The van der Waals surface area contributed by atoms with Crippen LogP contribution in [-0.4, -0.2) is 34.3 Å². The van der Waals surface area contributed by atoms with Crippen molar-refractivity contribution in [2.75, 3.05) is 6.54 Å². The van der Waals surface area contributed by atoms with Crippen LogP contribution in [0.1, 0.15) is 36.2 Å². The highest BCUT2D eigenvalue weighted by Gasteiger charge is 2.34. The van der Waals surface area contributed by atoms with Gasteiger partial charge in [-0.25, -0.2) is 4.68 Å². The van der Waals surface area contributed by atoms with Crippen LogP contribution in [0.4, 0.5) is 0 Å². The molecule has 0 bridgehead atoms. The summed E-state index contributed by atoms with van der Waals surface area (Å²) in [7, 11) is 0. The molecule has 0 radical (unpaired) electrons. The van der Waals surface area contributed by atoms with Crippen LogP contribution in [0.15, 0.2) is 18.2 Å². The van der Waals surface area contributed by atoms with Crippen LogP contribution < -0.4 is 16.2 Å². The van der Waals surface area contributed by atoms with Crippen LogP contribution in [0.5, 0.6) is 0 Å². The molecule has 3 atom stereocenters.